The molecule has 0 bridgehead atoms. The lowest BCUT2D eigenvalue weighted by molar-refractivity contribution is -0.142. The number of hydrogen-bond acceptors (Lipinski definition) is 3. The molecule has 0 radical (unpaired) electrons. The molecule has 0 aromatic heterocycles. The van der Waals surface area contributed by atoms with E-state index in [1.54, 1.807) is 0 Å². The van der Waals surface area contributed by atoms with Gasteiger partial charge in [-0.25, -0.2) is 4.79 Å². The van der Waals surface area contributed by atoms with Crippen LogP contribution in [0.2, 0.25) is 0 Å². The lowest BCUT2D eigenvalue weighted by atomic mass is 9.94. The highest BCUT2D eigenvalue weighted by molar-refractivity contribution is 5.85. The Labute approximate surface area is 114 Å². The van der Waals surface area contributed by atoms with Gasteiger partial charge >= 0.3 is 5.97 Å². The van der Waals surface area contributed by atoms with E-state index in [9.17, 15) is 9.59 Å². The van der Waals surface area contributed by atoms with E-state index < -0.39 is 12.0 Å². The van der Waals surface area contributed by atoms with Crippen LogP contribution in [0, 0.1) is 5.92 Å². The van der Waals surface area contributed by atoms with Crippen molar-refractivity contribution in [2.45, 2.75) is 70.4 Å². The van der Waals surface area contributed by atoms with Gasteiger partial charge in [0.05, 0.1) is 5.92 Å². The summed E-state index contributed by atoms with van der Waals surface area (Å²) in [7, 11) is 0. The Kier molecular flexibility index (Phi) is 6.84. The molecule has 0 aromatic carbocycles. The molecule has 4 N–H and O–H groups in total. The normalized spacial score (nSPS) is 25.4. The zero-order valence-electron chi connectivity index (χ0n) is 11.7. The third-order valence-corrected chi connectivity index (χ3v) is 3.87. The number of aliphatic carboxylic acids is 1. The summed E-state index contributed by atoms with van der Waals surface area (Å²) in [4.78, 5) is 23.3. The van der Waals surface area contributed by atoms with Gasteiger partial charge in [0, 0.05) is 6.04 Å². The Hall–Kier alpha value is -1.10. The van der Waals surface area contributed by atoms with Crippen LogP contribution in [0.1, 0.15) is 58.3 Å². The monoisotopic (exact) mass is 270 g/mol. The number of nitrogens with one attached hydrogen (secondary N) is 1. The summed E-state index contributed by atoms with van der Waals surface area (Å²) in [5, 5.41) is 11.8. The molecule has 19 heavy (non-hydrogen) atoms. The molecular formula is C14H26N2O3. The Morgan fingerprint density at radius 1 is 1.32 bits per heavy atom. The Balaban J connectivity index is 2.56. The van der Waals surface area contributed by atoms with Crippen LogP contribution < -0.4 is 11.1 Å². The molecule has 110 valence electrons. The number of carboxylic acid groups (broad SMARTS) is 1. The maximum atomic E-state index is 12.2. The van der Waals surface area contributed by atoms with Gasteiger partial charge in [-0.1, -0.05) is 39.0 Å². The molecule has 0 saturated heterocycles. The first kappa shape index (κ1) is 16.0. The molecule has 2 unspecified atom stereocenters. The first-order chi connectivity index (χ1) is 9.06. The van der Waals surface area contributed by atoms with E-state index in [1.807, 2.05) is 6.92 Å². The van der Waals surface area contributed by atoms with Gasteiger partial charge in [-0.15, -0.1) is 0 Å². The first-order valence-electron chi connectivity index (χ1n) is 7.35. The van der Waals surface area contributed by atoms with Crippen molar-refractivity contribution in [3.8, 4) is 0 Å². The molecule has 1 aliphatic rings. The summed E-state index contributed by atoms with van der Waals surface area (Å²) < 4.78 is 0. The third kappa shape index (κ3) is 5.19. The largest absolute Gasteiger partial charge is 0.480 e. The number of rotatable bonds is 6. The summed E-state index contributed by atoms with van der Waals surface area (Å²) in [6, 6.07) is -0.911. The van der Waals surface area contributed by atoms with Gasteiger partial charge in [0.15, 0.2) is 0 Å². The van der Waals surface area contributed by atoms with Crippen LogP contribution in [0.25, 0.3) is 0 Å². The fourth-order valence-corrected chi connectivity index (χ4v) is 2.61. The summed E-state index contributed by atoms with van der Waals surface area (Å²) in [6.07, 6.45) is 6.99. The maximum Gasteiger partial charge on any atom is 0.326 e. The molecule has 0 aromatic rings. The minimum atomic E-state index is -0.955. The molecule has 1 rings (SSSR count). The van der Waals surface area contributed by atoms with E-state index in [0.29, 0.717) is 6.42 Å². The second-order valence-electron chi connectivity index (χ2n) is 5.45. The standard InChI is InChI=1S/C14H26N2O3/c1-2-3-9-12(14(18)19)16-13(17)10-7-5-4-6-8-11(10)15/h10-12H,2-9,15H2,1H3,(H,16,17)(H,18,19)/t10?,11?,12-/m0/s1. The van der Waals surface area contributed by atoms with E-state index >= 15 is 0 Å². The fourth-order valence-electron chi connectivity index (χ4n) is 2.61. The third-order valence-electron chi connectivity index (χ3n) is 3.87. The lowest BCUT2D eigenvalue weighted by Crippen LogP contribution is -2.47. The Bertz CT molecular complexity index is 307. The first-order valence-corrected chi connectivity index (χ1v) is 7.35. The van der Waals surface area contributed by atoms with Crippen molar-refractivity contribution in [2.24, 2.45) is 11.7 Å². The molecule has 3 atom stereocenters. The van der Waals surface area contributed by atoms with E-state index in [0.717, 1.165) is 44.9 Å². The van der Waals surface area contributed by atoms with E-state index in [2.05, 4.69) is 5.32 Å². The smallest absolute Gasteiger partial charge is 0.326 e. The van der Waals surface area contributed by atoms with Crippen LogP contribution in [0.5, 0.6) is 0 Å². The van der Waals surface area contributed by atoms with Crippen molar-refractivity contribution in [2.75, 3.05) is 0 Å². The van der Waals surface area contributed by atoms with E-state index in [-0.39, 0.29) is 17.9 Å². The van der Waals surface area contributed by atoms with E-state index in [4.69, 9.17) is 10.8 Å². The van der Waals surface area contributed by atoms with Gasteiger partial charge in [-0.2, -0.15) is 0 Å². The molecule has 1 amide bonds. The highest BCUT2D eigenvalue weighted by Crippen LogP contribution is 2.22. The number of hydrogen-bond donors (Lipinski definition) is 3. The highest BCUT2D eigenvalue weighted by atomic mass is 16.4. The average Bonchev–Trinajstić information content (AvgIpc) is 2.58. The summed E-state index contributed by atoms with van der Waals surface area (Å²) >= 11 is 0. The number of nitrogens with two attached hydrogens (primary N) is 1. The van der Waals surface area contributed by atoms with Gasteiger partial charge in [-0.05, 0) is 19.3 Å². The van der Waals surface area contributed by atoms with Crippen LogP contribution in [-0.2, 0) is 9.59 Å². The van der Waals surface area contributed by atoms with Crippen molar-refractivity contribution in [1.82, 2.24) is 5.32 Å². The Morgan fingerprint density at radius 3 is 2.63 bits per heavy atom. The van der Waals surface area contributed by atoms with E-state index in [1.165, 1.54) is 0 Å². The highest BCUT2D eigenvalue weighted by Gasteiger charge is 2.29. The van der Waals surface area contributed by atoms with Gasteiger partial charge in [0.2, 0.25) is 5.91 Å². The molecule has 1 fully saturated rings. The second-order valence-corrected chi connectivity index (χ2v) is 5.45. The SMILES string of the molecule is CCCC[C@H](NC(=O)C1CCCCCC1N)C(=O)O. The molecule has 5 heteroatoms. The zero-order valence-corrected chi connectivity index (χ0v) is 11.7. The van der Waals surface area contributed by atoms with Crippen LogP contribution in [-0.4, -0.2) is 29.1 Å². The quantitative estimate of drug-likeness (QED) is 0.640. The van der Waals surface area contributed by atoms with Crippen molar-refractivity contribution < 1.29 is 14.7 Å². The molecule has 0 aliphatic heterocycles. The molecule has 1 aliphatic carbocycles. The van der Waals surface area contributed by atoms with Crippen molar-refractivity contribution in [3.05, 3.63) is 0 Å². The Morgan fingerprint density at radius 2 is 2.00 bits per heavy atom. The second kappa shape index (κ2) is 8.15. The summed E-state index contributed by atoms with van der Waals surface area (Å²) in [6.45, 7) is 2.00. The minimum absolute atomic E-state index is 0.136. The van der Waals surface area contributed by atoms with Gasteiger partial charge in [0.25, 0.3) is 0 Å². The molecule has 1 saturated carbocycles. The number of carbonyl (C=O) groups is 2. The predicted octanol–water partition coefficient (Wildman–Crippen LogP) is 1.65. The van der Waals surface area contributed by atoms with Crippen molar-refractivity contribution in [1.29, 1.82) is 0 Å². The lowest BCUT2D eigenvalue weighted by Gasteiger charge is -2.23. The van der Waals surface area contributed by atoms with Gasteiger partial charge < -0.3 is 16.2 Å². The predicted molar refractivity (Wildman–Crippen MR) is 73.6 cm³/mol. The fraction of sp³-hybridized carbons (Fsp3) is 0.857. The maximum absolute atomic E-state index is 12.2. The average molecular weight is 270 g/mol. The number of carbonyl (C=O) groups excluding carboxylic acids is 1. The minimum Gasteiger partial charge on any atom is -0.480 e. The van der Waals surface area contributed by atoms with Crippen LogP contribution in [0.15, 0.2) is 0 Å². The van der Waals surface area contributed by atoms with Gasteiger partial charge in [0.1, 0.15) is 6.04 Å². The molecule has 0 spiro atoms. The zero-order chi connectivity index (χ0) is 14.3. The topological polar surface area (TPSA) is 92.4 Å². The summed E-state index contributed by atoms with van der Waals surface area (Å²) in [5.74, 6) is -1.37. The van der Waals surface area contributed by atoms with Crippen molar-refractivity contribution >= 4 is 11.9 Å². The van der Waals surface area contributed by atoms with Crippen molar-refractivity contribution in [3.63, 3.8) is 0 Å². The van der Waals surface area contributed by atoms with Crippen LogP contribution in [0.3, 0.4) is 0 Å². The summed E-state index contributed by atoms with van der Waals surface area (Å²) in [5.41, 5.74) is 6.02. The number of unbranched alkanes of at least 4 members (excludes halogenated alkanes) is 1. The number of carboxylic acids is 1. The van der Waals surface area contributed by atoms with Crippen LogP contribution >= 0.6 is 0 Å². The van der Waals surface area contributed by atoms with Crippen LogP contribution in [0.4, 0.5) is 0 Å². The molecule has 0 heterocycles. The number of amides is 1. The molecule has 5 nitrogen and oxygen atoms in total. The molecular weight excluding hydrogens is 244 g/mol. The van der Waals surface area contributed by atoms with Gasteiger partial charge in [-0.3, -0.25) is 4.79 Å².